The van der Waals surface area contributed by atoms with E-state index in [4.69, 9.17) is 5.11 Å². The molecule has 120 valence electrons. The van der Waals surface area contributed by atoms with Gasteiger partial charge in [-0.2, -0.15) is 0 Å². The first-order valence-corrected chi connectivity index (χ1v) is 8.72. The molecule has 1 atom stereocenters. The van der Waals surface area contributed by atoms with Gasteiger partial charge in [0.25, 0.3) is 0 Å². The molecule has 1 rings (SSSR count). The Morgan fingerprint density at radius 2 is 2.00 bits per heavy atom. The Morgan fingerprint density at radius 3 is 2.62 bits per heavy atom. The molecule has 0 saturated heterocycles. The van der Waals surface area contributed by atoms with Crippen LogP contribution in [-0.2, 0) is 10.0 Å². The highest BCUT2D eigenvalue weighted by Gasteiger charge is 2.21. The second kappa shape index (κ2) is 8.48. The zero-order valence-electron chi connectivity index (χ0n) is 13.0. The van der Waals surface area contributed by atoms with E-state index in [1.807, 2.05) is 20.0 Å². The van der Waals surface area contributed by atoms with Crippen molar-refractivity contribution in [3.8, 4) is 0 Å². The van der Waals surface area contributed by atoms with Crippen LogP contribution in [0, 0.1) is 0 Å². The summed E-state index contributed by atoms with van der Waals surface area (Å²) in [5.41, 5.74) is 0.951. The number of sulfonamides is 1. The third-order valence-electron chi connectivity index (χ3n) is 3.63. The van der Waals surface area contributed by atoms with E-state index < -0.39 is 10.0 Å². The Bertz CT molecular complexity index is 531. The van der Waals surface area contributed by atoms with Crippen LogP contribution in [0.2, 0.25) is 0 Å². The maximum Gasteiger partial charge on any atom is 0.242 e. The molecule has 0 aliphatic carbocycles. The summed E-state index contributed by atoms with van der Waals surface area (Å²) in [5.74, 6) is 0. The van der Waals surface area contributed by atoms with Crippen LogP contribution in [0.3, 0.4) is 0 Å². The van der Waals surface area contributed by atoms with E-state index >= 15 is 0 Å². The number of unbranched alkanes of at least 4 members (excludes halogenated alkanes) is 2. The topological polar surface area (TPSA) is 69.6 Å². The van der Waals surface area contributed by atoms with Crippen LogP contribution < -0.4 is 5.32 Å². The lowest BCUT2D eigenvalue weighted by molar-refractivity contribution is 0.281. The average Bonchev–Trinajstić information content (AvgIpc) is 2.50. The molecule has 5 nitrogen and oxygen atoms in total. The number of rotatable bonds is 9. The van der Waals surface area contributed by atoms with Gasteiger partial charge < -0.3 is 10.4 Å². The van der Waals surface area contributed by atoms with E-state index in [0.717, 1.165) is 18.4 Å². The number of benzene rings is 1. The fraction of sp³-hybridized carbons (Fsp3) is 0.600. The summed E-state index contributed by atoms with van der Waals surface area (Å²) < 4.78 is 26.4. The van der Waals surface area contributed by atoms with E-state index in [1.165, 1.54) is 4.31 Å². The zero-order valence-corrected chi connectivity index (χ0v) is 13.9. The lowest BCUT2D eigenvalue weighted by atomic mass is 10.1. The Kier molecular flexibility index (Phi) is 7.31. The minimum Gasteiger partial charge on any atom is -0.396 e. The first kappa shape index (κ1) is 18.1. The van der Waals surface area contributed by atoms with Crippen LogP contribution in [0.4, 0.5) is 0 Å². The van der Waals surface area contributed by atoms with Gasteiger partial charge in [-0.1, -0.05) is 12.1 Å². The SMILES string of the molecule is CNC(C)c1cccc(S(=O)(=O)N(C)CCCCCO)c1. The Morgan fingerprint density at radius 1 is 1.29 bits per heavy atom. The summed E-state index contributed by atoms with van der Waals surface area (Å²) in [4.78, 5) is 0.326. The van der Waals surface area contributed by atoms with Gasteiger partial charge in [-0.25, -0.2) is 12.7 Å². The normalized spacial score (nSPS) is 13.6. The van der Waals surface area contributed by atoms with Gasteiger partial charge in [0.2, 0.25) is 10.0 Å². The fourth-order valence-corrected chi connectivity index (χ4v) is 3.30. The van der Waals surface area contributed by atoms with Gasteiger partial charge in [0.15, 0.2) is 0 Å². The second-order valence-electron chi connectivity index (χ2n) is 5.19. The smallest absolute Gasteiger partial charge is 0.242 e. The maximum atomic E-state index is 12.5. The first-order chi connectivity index (χ1) is 9.93. The van der Waals surface area contributed by atoms with Crippen LogP contribution in [0.1, 0.15) is 37.8 Å². The Labute approximate surface area is 128 Å². The van der Waals surface area contributed by atoms with E-state index in [2.05, 4.69) is 5.32 Å². The van der Waals surface area contributed by atoms with Crippen molar-refractivity contribution in [2.24, 2.45) is 0 Å². The van der Waals surface area contributed by atoms with Crippen LogP contribution in [0.15, 0.2) is 29.2 Å². The molecule has 0 amide bonds. The van der Waals surface area contributed by atoms with E-state index in [9.17, 15) is 8.42 Å². The standard InChI is InChI=1S/C15H26N2O3S/c1-13(16-2)14-8-7-9-15(12-14)21(19,20)17(3)10-5-4-6-11-18/h7-9,12-13,16,18H,4-6,10-11H2,1-3H3. The van der Waals surface area contributed by atoms with Crippen molar-refractivity contribution in [2.75, 3.05) is 27.2 Å². The van der Waals surface area contributed by atoms with Crippen LogP contribution in [0.25, 0.3) is 0 Å². The fourth-order valence-electron chi connectivity index (χ4n) is 2.03. The van der Waals surface area contributed by atoms with E-state index in [0.29, 0.717) is 17.9 Å². The van der Waals surface area contributed by atoms with Crippen molar-refractivity contribution in [3.05, 3.63) is 29.8 Å². The minimum absolute atomic E-state index is 0.106. The summed E-state index contributed by atoms with van der Waals surface area (Å²) in [6.07, 6.45) is 2.29. The number of aliphatic hydroxyl groups excluding tert-OH is 1. The third-order valence-corrected chi connectivity index (χ3v) is 5.48. The molecule has 0 fully saturated rings. The highest BCUT2D eigenvalue weighted by atomic mass is 32.2. The summed E-state index contributed by atoms with van der Waals surface area (Å²) in [7, 11) is -0.00135. The van der Waals surface area contributed by atoms with Crippen molar-refractivity contribution in [1.29, 1.82) is 0 Å². The molecule has 0 radical (unpaired) electrons. The molecular formula is C15H26N2O3S. The van der Waals surface area contributed by atoms with Crippen molar-refractivity contribution >= 4 is 10.0 Å². The molecular weight excluding hydrogens is 288 g/mol. The lowest BCUT2D eigenvalue weighted by Gasteiger charge is -2.18. The van der Waals surface area contributed by atoms with E-state index in [1.54, 1.807) is 25.2 Å². The predicted octanol–water partition coefficient (Wildman–Crippen LogP) is 1.75. The summed E-state index contributed by atoms with van der Waals surface area (Å²) >= 11 is 0. The van der Waals surface area contributed by atoms with Gasteiger partial charge in [0.1, 0.15) is 0 Å². The van der Waals surface area contributed by atoms with Crippen LogP contribution in [0.5, 0.6) is 0 Å². The van der Waals surface area contributed by atoms with Gasteiger partial charge in [0.05, 0.1) is 4.90 Å². The first-order valence-electron chi connectivity index (χ1n) is 7.28. The van der Waals surface area contributed by atoms with Gasteiger partial charge in [-0.3, -0.25) is 0 Å². The Balaban J connectivity index is 2.82. The van der Waals surface area contributed by atoms with Crippen molar-refractivity contribution in [1.82, 2.24) is 9.62 Å². The third kappa shape index (κ3) is 5.07. The molecule has 0 aliphatic rings. The molecule has 0 saturated carbocycles. The maximum absolute atomic E-state index is 12.5. The summed E-state index contributed by atoms with van der Waals surface area (Å²) in [6.45, 7) is 2.61. The second-order valence-corrected chi connectivity index (χ2v) is 7.24. The molecule has 1 unspecified atom stereocenters. The van der Waals surface area contributed by atoms with Gasteiger partial charge in [-0.15, -0.1) is 0 Å². The highest BCUT2D eigenvalue weighted by molar-refractivity contribution is 7.89. The lowest BCUT2D eigenvalue weighted by Crippen LogP contribution is -2.28. The van der Waals surface area contributed by atoms with Gasteiger partial charge in [-0.05, 0) is 50.9 Å². The van der Waals surface area contributed by atoms with Gasteiger partial charge >= 0.3 is 0 Å². The van der Waals surface area contributed by atoms with Crippen molar-refractivity contribution in [3.63, 3.8) is 0 Å². The highest BCUT2D eigenvalue weighted by Crippen LogP contribution is 2.20. The monoisotopic (exact) mass is 314 g/mol. The number of hydrogen-bond acceptors (Lipinski definition) is 4. The number of nitrogens with one attached hydrogen (secondary N) is 1. The largest absolute Gasteiger partial charge is 0.396 e. The summed E-state index contributed by atoms with van der Waals surface area (Å²) in [5, 5.41) is 11.8. The molecule has 1 aromatic carbocycles. The molecule has 0 spiro atoms. The molecule has 0 heterocycles. The molecule has 0 bridgehead atoms. The van der Waals surface area contributed by atoms with Crippen molar-refractivity contribution in [2.45, 2.75) is 37.1 Å². The average molecular weight is 314 g/mol. The number of aliphatic hydroxyl groups is 1. The molecule has 2 N–H and O–H groups in total. The molecule has 0 aromatic heterocycles. The van der Waals surface area contributed by atoms with Crippen LogP contribution in [-0.4, -0.2) is 45.1 Å². The minimum atomic E-state index is -3.45. The van der Waals surface area contributed by atoms with E-state index in [-0.39, 0.29) is 12.6 Å². The zero-order chi connectivity index (χ0) is 15.9. The summed E-state index contributed by atoms with van der Waals surface area (Å²) in [6, 6.07) is 7.15. The number of nitrogens with zero attached hydrogens (tertiary/aromatic N) is 1. The van der Waals surface area contributed by atoms with Crippen LogP contribution >= 0.6 is 0 Å². The molecule has 6 heteroatoms. The predicted molar refractivity (Wildman–Crippen MR) is 84.7 cm³/mol. The van der Waals surface area contributed by atoms with Crippen molar-refractivity contribution < 1.29 is 13.5 Å². The quantitative estimate of drug-likeness (QED) is 0.681. The van der Waals surface area contributed by atoms with Gasteiger partial charge in [0, 0.05) is 26.2 Å². The Hall–Kier alpha value is -0.950. The number of hydrogen-bond donors (Lipinski definition) is 2. The molecule has 1 aromatic rings. The molecule has 21 heavy (non-hydrogen) atoms. The molecule has 0 aliphatic heterocycles.